The highest BCUT2D eigenvalue weighted by atomic mass is 19.1. The number of aromatic nitrogens is 2. The van der Waals surface area contributed by atoms with E-state index in [0.29, 0.717) is 6.54 Å². The molecule has 0 bridgehead atoms. The van der Waals surface area contributed by atoms with Crippen molar-refractivity contribution in [3.63, 3.8) is 0 Å². The highest BCUT2D eigenvalue weighted by Crippen LogP contribution is 2.35. The fraction of sp³-hybridized carbons (Fsp3) is 0.409. The number of imidazole rings is 1. The molecule has 0 aliphatic carbocycles. The van der Waals surface area contributed by atoms with E-state index in [0.717, 1.165) is 55.6 Å². The van der Waals surface area contributed by atoms with Crippen molar-refractivity contribution >= 4 is 11.0 Å². The monoisotopic (exact) mass is 367 g/mol. The van der Waals surface area contributed by atoms with Crippen LogP contribution < -0.4 is 0 Å². The number of aliphatic hydroxyl groups is 1. The molecule has 1 fully saturated rings. The minimum atomic E-state index is -0.254. The number of aliphatic hydroxyl groups excluding tert-OH is 1. The van der Waals surface area contributed by atoms with Gasteiger partial charge in [0.15, 0.2) is 0 Å². The summed E-state index contributed by atoms with van der Waals surface area (Å²) in [6.45, 7) is 2.77. The van der Waals surface area contributed by atoms with Gasteiger partial charge in [-0.15, -0.1) is 0 Å². The summed E-state index contributed by atoms with van der Waals surface area (Å²) < 4.78 is 13.4. The third-order valence-electron chi connectivity index (χ3n) is 5.73. The van der Waals surface area contributed by atoms with Gasteiger partial charge in [0, 0.05) is 18.6 Å². The number of aromatic amines is 1. The fourth-order valence-corrected chi connectivity index (χ4v) is 4.23. The third kappa shape index (κ3) is 4.20. The number of hydrogen-bond acceptors (Lipinski definition) is 3. The van der Waals surface area contributed by atoms with Crippen LogP contribution in [-0.4, -0.2) is 39.7 Å². The van der Waals surface area contributed by atoms with Gasteiger partial charge in [-0.05, 0) is 56.0 Å². The lowest BCUT2D eigenvalue weighted by Crippen LogP contribution is -2.45. The van der Waals surface area contributed by atoms with Crippen LogP contribution in [0.1, 0.15) is 30.7 Å². The number of rotatable bonds is 6. The van der Waals surface area contributed by atoms with Crippen LogP contribution in [-0.2, 0) is 13.0 Å². The Bertz CT molecular complexity index is 895. The fourth-order valence-electron chi connectivity index (χ4n) is 4.23. The molecule has 1 saturated heterocycles. The average Bonchev–Trinajstić information content (AvgIpc) is 3.09. The van der Waals surface area contributed by atoms with E-state index < -0.39 is 0 Å². The molecule has 27 heavy (non-hydrogen) atoms. The zero-order valence-corrected chi connectivity index (χ0v) is 15.5. The number of likely N-dealkylation sites (tertiary alicyclic amines) is 1. The minimum absolute atomic E-state index is 0.0633. The van der Waals surface area contributed by atoms with E-state index in [1.807, 2.05) is 6.07 Å². The molecular formula is C22H26FN3O. The summed E-state index contributed by atoms with van der Waals surface area (Å²) in [6, 6.07) is 15.1. The molecule has 5 heteroatoms. The molecule has 1 aromatic heterocycles. The Labute approximate surface area is 159 Å². The van der Waals surface area contributed by atoms with Crippen molar-refractivity contribution in [2.45, 2.75) is 32.2 Å². The van der Waals surface area contributed by atoms with Crippen LogP contribution in [0.4, 0.5) is 4.39 Å². The van der Waals surface area contributed by atoms with E-state index in [4.69, 9.17) is 0 Å². The summed E-state index contributed by atoms with van der Waals surface area (Å²) in [5.74, 6) is 0.600. The topological polar surface area (TPSA) is 52.1 Å². The Morgan fingerprint density at radius 1 is 1.19 bits per heavy atom. The van der Waals surface area contributed by atoms with Crippen LogP contribution >= 0.6 is 0 Å². The van der Waals surface area contributed by atoms with Crippen molar-refractivity contribution in [1.82, 2.24) is 14.9 Å². The number of benzene rings is 2. The zero-order chi connectivity index (χ0) is 18.7. The van der Waals surface area contributed by atoms with Gasteiger partial charge in [-0.25, -0.2) is 9.37 Å². The molecule has 0 spiro atoms. The molecular weight excluding hydrogens is 341 g/mol. The van der Waals surface area contributed by atoms with Gasteiger partial charge in [-0.1, -0.05) is 30.3 Å². The zero-order valence-electron chi connectivity index (χ0n) is 15.5. The smallest absolute Gasteiger partial charge is 0.125 e. The van der Waals surface area contributed by atoms with Crippen LogP contribution in [0.5, 0.6) is 0 Å². The number of nitrogens with one attached hydrogen (secondary N) is 1. The Morgan fingerprint density at radius 2 is 2.04 bits per heavy atom. The summed E-state index contributed by atoms with van der Waals surface area (Å²) in [5, 5.41) is 10.2. The lowest BCUT2D eigenvalue weighted by molar-refractivity contribution is 0.0215. The molecule has 0 amide bonds. The number of fused-ring (bicyclic) bond motifs is 1. The highest BCUT2D eigenvalue weighted by molar-refractivity contribution is 5.74. The Kier molecular flexibility index (Phi) is 5.23. The molecule has 1 aliphatic heterocycles. The van der Waals surface area contributed by atoms with E-state index in [1.165, 1.54) is 17.7 Å². The first-order valence-corrected chi connectivity index (χ1v) is 9.67. The number of nitrogens with zero attached hydrogens (tertiary/aromatic N) is 2. The predicted octanol–water partition coefficient (Wildman–Crippen LogP) is 3.91. The molecule has 0 unspecified atom stereocenters. The quantitative estimate of drug-likeness (QED) is 0.695. The lowest BCUT2D eigenvalue weighted by Gasteiger charge is -2.41. The van der Waals surface area contributed by atoms with Crippen LogP contribution in [0.2, 0.25) is 0 Å². The molecule has 142 valence electrons. The number of halogens is 1. The molecule has 2 aromatic carbocycles. The summed E-state index contributed by atoms with van der Waals surface area (Å²) in [6.07, 6.45) is 4.09. The maximum Gasteiger partial charge on any atom is 0.125 e. The number of aryl methyl sites for hydroxylation is 1. The first kappa shape index (κ1) is 18.1. The lowest BCUT2D eigenvalue weighted by atomic mass is 9.76. The average molecular weight is 367 g/mol. The molecule has 2 heterocycles. The van der Waals surface area contributed by atoms with E-state index in [2.05, 4.69) is 39.1 Å². The van der Waals surface area contributed by atoms with Crippen LogP contribution in [0.15, 0.2) is 48.5 Å². The summed E-state index contributed by atoms with van der Waals surface area (Å²) in [5.41, 5.74) is 2.79. The van der Waals surface area contributed by atoms with Crippen molar-refractivity contribution in [2.24, 2.45) is 5.41 Å². The van der Waals surface area contributed by atoms with Crippen molar-refractivity contribution < 1.29 is 9.50 Å². The van der Waals surface area contributed by atoms with Gasteiger partial charge >= 0.3 is 0 Å². The molecule has 4 rings (SSSR count). The maximum atomic E-state index is 13.4. The van der Waals surface area contributed by atoms with Gasteiger partial charge < -0.3 is 10.1 Å². The molecule has 2 N–H and O–H groups in total. The Morgan fingerprint density at radius 3 is 2.85 bits per heavy atom. The van der Waals surface area contributed by atoms with E-state index in [1.54, 1.807) is 6.07 Å². The van der Waals surface area contributed by atoms with Gasteiger partial charge in [0.05, 0.1) is 17.6 Å². The van der Waals surface area contributed by atoms with Crippen LogP contribution in [0.3, 0.4) is 0 Å². The predicted molar refractivity (Wildman–Crippen MR) is 105 cm³/mol. The second kappa shape index (κ2) is 7.79. The summed E-state index contributed by atoms with van der Waals surface area (Å²) in [7, 11) is 0. The Hall–Kier alpha value is -2.24. The normalized spacial score (nSPS) is 21.0. The molecule has 4 nitrogen and oxygen atoms in total. The summed E-state index contributed by atoms with van der Waals surface area (Å²) in [4.78, 5) is 10.2. The SMILES string of the molecule is OC[C@@]1(CCc2ccccc2)CCCN(Cc2nc3ccc(F)cc3[nH]2)C1. The first-order valence-electron chi connectivity index (χ1n) is 9.67. The van der Waals surface area contributed by atoms with Gasteiger partial charge in [-0.3, -0.25) is 4.90 Å². The van der Waals surface area contributed by atoms with E-state index in [9.17, 15) is 9.50 Å². The molecule has 0 radical (unpaired) electrons. The van der Waals surface area contributed by atoms with Gasteiger partial charge in [-0.2, -0.15) is 0 Å². The second-order valence-electron chi connectivity index (χ2n) is 7.80. The number of hydrogen-bond donors (Lipinski definition) is 2. The van der Waals surface area contributed by atoms with Gasteiger partial charge in [0.25, 0.3) is 0 Å². The standard InChI is InChI=1S/C22H26FN3O/c23-18-7-8-19-20(13-18)25-21(24-19)14-26-12-4-10-22(15-26,16-27)11-9-17-5-2-1-3-6-17/h1-3,5-8,13,27H,4,9-12,14-16H2,(H,24,25)/t22-/m1/s1. The van der Waals surface area contributed by atoms with Crippen LogP contribution in [0.25, 0.3) is 11.0 Å². The van der Waals surface area contributed by atoms with E-state index in [-0.39, 0.29) is 17.8 Å². The number of piperidine rings is 1. The highest BCUT2D eigenvalue weighted by Gasteiger charge is 2.34. The summed E-state index contributed by atoms with van der Waals surface area (Å²) >= 11 is 0. The molecule has 3 aromatic rings. The van der Waals surface area contributed by atoms with Gasteiger partial charge in [0.1, 0.15) is 11.6 Å². The maximum absolute atomic E-state index is 13.4. The minimum Gasteiger partial charge on any atom is -0.396 e. The first-order chi connectivity index (χ1) is 13.2. The Balaban J connectivity index is 1.43. The van der Waals surface area contributed by atoms with Crippen LogP contribution in [0, 0.1) is 11.2 Å². The molecule has 0 saturated carbocycles. The second-order valence-corrected chi connectivity index (χ2v) is 7.80. The largest absolute Gasteiger partial charge is 0.396 e. The van der Waals surface area contributed by atoms with Crippen molar-refractivity contribution in [1.29, 1.82) is 0 Å². The van der Waals surface area contributed by atoms with E-state index >= 15 is 0 Å². The third-order valence-corrected chi connectivity index (χ3v) is 5.73. The molecule has 1 atom stereocenters. The molecule has 1 aliphatic rings. The van der Waals surface area contributed by atoms with Crippen molar-refractivity contribution in [3.05, 3.63) is 65.7 Å². The number of H-pyrrole nitrogens is 1. The van der Waals surface area contributed by atoms with Crippen molar-refractivity contribution in [2.75, 3.05) is 19.7 Å². The van der Waals surface area contributed by atoms with Gasteiger partial charge in [0.2, 0.25) is 0 Å². The van der Waals surface area contributed by atoms with Crippen molar-refractivity contribution in [3.8, 4) is 0 Å².